The maximum absolute atomic E-state index is 10.7. The van der Waals surface area contributed by atoms with Crippen LogP contribution in [-0.2, 0) is 9.59 Å². The van der Waals surface area contributed by atoms with Crippen LogP contribution < -0.4 is 0 Å². The highest BCUT2D eigenvalue weighted by Gasteiger charge is 2.08. The Labute approximate surface area is 117 Å². The molecule has 0 fully saturated rings. The zero-order chi connectivity index (χ0) is 14.5. The second-order valence-corrected chi connectivity index (χ2v) is 4.83. The molecule has 0 rings (SSSR count). The van der Waals surface area contributed by atoms with Gasteiger partial charge in [-0.05, 0) is 26.6 Å². The zero-order valence-electron chi connectivity index (χ0n) is 12.7. The van der Waals surface area contributed by atoms with E-state index in [-0.39, 0.29) is 0 Å². The highest BCUT2D eigenvalue weighted by Crippen LogP contribution is 1.94. The van der Waals surface area contributed by atoms with Crippen molar-refractivity contribution < 1.29 is 9.59 Å². The standard InChI is InChI=1S/C14H29N3O2/c1-4-6-16(5-2)9-10-17(12-14-19)8-7-15(3)11-13-18/h13-14H,4-12H2,1-3H3. The summed E-state index contributed by atoms with van der Waals surface area (Å²) in [5, 5.41) is 0. The molecule has 0 aromatic heterocycles. The fraction of sp³-hybridized carbons (Fsp3) is 0.857. The van der Waals surface area contributed by atoms with E-state index in [4.69, 9.17) is 0 Å². The van der Waals surface area contributed by atoms with Gasteiger partial charge in [0.05, 0.1) is 13.1 Å². The number of rotatable bonds is 13. The van der Waals surface area contributed by atoms with Gasteiger partial charge in [-0.1, -0.05) is 13.8 Å². The van der Waals surface area contributed by atoms with Crippen LogP contribution in [0.3, 0.4) is 0 Å². The molecule has 0 saturated heterocycles. The first-order chi connectivity index (χ1) is 9.17. The quantitative estimate of drug-likeness (QED) is 0.452. The fourth-order valence-corrected chi connectivity index (χ4v) is 1.96. The molecule has 0 radical (unpaired) electrons. The summed E-state index contributed by atoms with van der Waals surface area (Å²) in [6.45, 7) is 11.0. The van der Waals surface area contributed by atoms with Crippen LogP contribution >= 0.6 is 0 Å². The van der Waals surface area contributed by atoms with Crippen molar-refractivity contribution in [1.82, 2.24) is 14.7 Å². The van der Waals surface area contributed by atoms with E-state index < -0.39 is 0 Å². The van der Waals surface area contributed by atoms with Gasteiger partial charge in [0.25, 0.3) is 0 Å². The van der Waals surface area contributed by atoms with Crippen molar-refractivity contribution in [1.29, 1.82) is 0 Å². The molecule has 0 aromatic rings. The first kappa shape index (κ1) is 18.2. The lowest BCUT2D eigenvalue weighted by atomic mass is 10.3. The van der Waals surface area contributed by atoms with E-state index in [0.717, 1.165) is 58.3 Å². The topological polar surface area (TPSA) is 43.9 Å². The Balaban J connectivity index is 4.02. The summed E-state index contributed by atoms with van der Waals surface area (Å²) in [5.74, 6) is 0. The summed E-state index contributed by atoms with van der Waals surface area (Å²) in [5.41, 5.74) is 0. The number of carbonyl (C=O) groups excluding carboxylic acids is 2. The molecule has 0 saturated carbocycles. The molecular weight excluding hydrogens is 242 g/mol. The number of nitrogens with zero attached hydrogens (tertiary/aromatic N) is 3. The van der Waals surface area contributed by atoms with Crippen molar-refractivity contribution >= 4 is 12.6 Å². The van der Waals surface area contributed by atoms with E-state index in [1.165, 1.54) is 0 Å². The lowest BCUT2D eigenvalue weighted by Crippen LogP contribution is -2.40. The summed E-state index contributed by atoms with van der Waals surface area (Å²) in [7, 11) is 1.92. The third-order valence-electron chi connectivity index (χ3n) is 3.24. The molecule has 0 spiro atoms. The van der Waals surface area contributed by atoms with Crippen LogP contribution in [0.2, 0.25) is 0 Å². The molecule has 0 aromatic carbocycles. The maximum Gasteiger partial charge on any atom is 0.133 e. The smallest absolute Gasteiger partial charge is 0.133 e. The largest absolute Gasteiger partial charge is 0.302 e. The fourth-order valence-electron chi connectivity index (χ4n) is 1.96. The van der Waals surface area contributed by atoms with Crippen molar-refractivity contribution in [3.8, 4) is 0 Å². The molecule has 5 nitrogen and oxygen atoms in total. The predicted molar refractivity (Wildman–Crippen MR) is 78.5 cm³/mol. The van der Waals surface area contributed by atoms with Gasteiger partial charge in [0.15, 0.2) is 0 Å². The summed E-state index contributed by atoms with van der Waals surface area (Å²) < 4.78 is 0. The van der Waals surface area contributed by atoms with Crippen LogP contribution in [0.25, 0.3) is 0 Å². The number of aldehydes is 2. The van der Waals surface area contributed by atoms with Crippen molar-refractivity contribution in [3.63, 3.8) is 0 Å². The number of hydrogen-bond acceptors (Lipinski definition) is 5. The molecule has 0 aliphatic carbocycles. The molecule has 19 heavy (non-hydrogen) atoms. The molecule has 0 aliphatic heterocycles. The Kier molecular flexibility index (Phi) is 11.8. The maximum atomic E-state index is 10.7. The van der Waals surface area contributed by atoms with Crippen molar-refractivity contribution in [3.05, 3.63) is 0 Å². The van der Waals surface area contributed by atoms with Gasteiger partial charge in [-0.25, -0.2) is 0 Å². The van der Waals surface area contributed by atoms with Gasteiger partial charge in [-0.3, -0.25) is 9.80 Å². The lowest BCUT2D eigenvalue weighted by molar-refractivity contribution is -0.110. The van der Waals surface area contributed by atoms with Gasteiger partial charge < -0.3 is 14.5 Å². The van der Waals surface area contributed by atoms with E-state index in [1.807, 2.05) is 11.9 Å². The Morgan fingerprint density at radius 2 is 1.37 bits per heavy atom. The summed E-state index contributed by atoms with van der Waals surface area (Å²) in [6, 6.07) is 0. The molecular formula is C14H29N3O2. The molecule has 0 atom stereocenters. The summed E-state index contributed by atoms with van der Waals surface area (Å²) in [6.07, 6.45) is 3.02. The Bertz CT molecular complexity index is 237. The molecule has 5 heteroatoms. The molecule has 0 amide bonds. The molecule has 0 unspecified atom stereocenters. The number of likely N-dealkylation sites (N-methyl/N-ethyl adjacent to an activating group) is 2. The average Bonchev–Trinajstić information content (AvgIpc) is 2.40. The van der Waals surface area contributed by atoms with Crippen LogP contribution in [0.15, 0.2) is 0 Å². The Morgan fingerprint density at radius 3 is 1.89 bits per heavy atom. The normalized spacial score (nSPS) is 11.5. The summed E-state index contributed by atoms with van der Waals surface area (Å²) >= 11 is 0. The van der Waals surface area contributed by atoms with Gasteiger partial charge in [0.1, 0.15) is 12.6 Å². The first-order valence-electron chi connectivity index (χ1n) is 7.18. The average molecular weight is 271 g/mol. The van der Waals surface area contributed by atoms with Gasteiger partial charge in [0, 0.05) is 26.2 Å². The highest BCUT2D eigenvalue weighted by molar-refractivity contribution is 5.52. The third kappa shape index (κ3) is 9.76. The van der Waals surface area contributed by atoms with E-state index >= 15 is 0 Å². The molecule has 0 bridgehead atoms. The third-order valence-corrected chi connectivity index (χ3v) is 3.24. The first-order valence-corrected chi connectivity index (χ1v) is 7.18. The van der Waals surface area contributed by atoms with E-state index in [1.54, 1.807) is 0 Å². The van der Waals surface area contributed by atoms with Crippen LogP contribution in [0.4, 0.5) is 0 Å². The SMILES string of the molecule is CCCN(CC)CCN(CC=O)CCN(C)CC=O. The van der Waals surface area contributed by atoms with Crippen molar-refractivity contribution in [2.45, 2.75) is 20.3 Å². The molecule has 0 aliphatic rings. The minimum atomic E-state index is 0.450. The van der Waals surface area contributed by atoms with Crippen molar-refractivity contribution in [2.24, 2.45) is 0 Å². The second kappa shape index (κ2) is 12.3. The van der Waals surface area contributed by atoms with Crippen molar-refractivity contribution in [2.75, 3.05) is 59.4 Å². The monoisotopic (exact) mass is 271 g/mol. The number of carbonyl (C=O) groups is 2. The Morgan fingerprint density at radius 1 is 0.789 bits per heavy atom. The van der Waals surface area contributed by atoms with E-state index in [9.17, 15) is 9.59 Å². The van der Waals surface area contributed by atoms with Gasteiger partial charge in [-0.15, -0.1) is 0 Å². The van der Waals surface area contributed by atoms with Crippen LogP contribution in [0.5, 0.6) is 0 Å². The summed E-state index contributed by atoms with van der Waals surface area (Å²) in [4.78, 5) is 27.6. The van der Waals surface area contributed by atoms with Gasteiger partial charge in [0.2, 0.25) is 0 Å². The lowest BCUT2D eigenvalue weighted by Gasteiger charge is -2.26. The molecule has 0 N–H and O–H groups in total. The van der Waals surface area contributed by atoms with Gasteiger partial charge in [-0.2, -0.15) is 0 Å². The van der Waals surface area contributed by atoms with Crippen LogP contribution in [0, 0.1) is 0 Å². The second-order valence-electron chi connectivity index (χ2n) is 4.83. The minimum Gasteiger partial charge on any atom is -0.302 e. The minimum absolute atomic E-state index is 0.450. The highest BCUT2D eigenvalue weighted by atomic mass is 16.1. The van der Waals surface area contributed by atoms with Gasteiger partial charge >= 0.3 is 0 Å². The van der Waals surface area contributed by atoms with E-state index in [2.05, 4.69) is 23.6 Å². The molecule has 112 valence electrons. The molecule has 0 heterocycles. The Hall–Kier alpha value is -0.780. The zero-order valence-corrected chi connectivity index (χ0v) is 12.7. The van der Waals surface area contributed by atoms with Crippen LogP contribution in [-0.4, -0.2) is 86.7 Å². The van der Waals surface area contributed by atoms with Crippen LogP contribution in [0.1, 0.15) is 20.3 Å². The van der Waals surface area contributed by atoms with E-state index in [0.29, 0.717) is 13.1 Å². The predicted octanol–water partition coefficient (Wildman–Crippen LogP) is 0.350. The number of hydrogen-bond donors (Lipinski definition) is 0.